The molecule has 8 heteroatoms. The van der Waals surface area contributed by atoms with Crippen LogP contribution in [0.5, 0.6) is 0 Å². The fourth-order valence-corrected chi connectivity index (χ4v) is 5.27. The van der Waals surface area contributed by atoms with E-state index >= 15 is 0 Å². The number of fused-ring (bicyclic) bond motifs is 1. The third-order valence-electron chi connectivity index (χ3n) is 5.31. The number of benzene rings is 2. The molecular weight excluding hydrogens is 424 g/mol. The molecule has 0 spiro atoms. The number of aromatic amines is 1. The van der Waals surface area contributed by atoms with Gasteiger partial charge in [-0.2, -0.15) is 4.31 Å². The molecule has 1 aliphatic heterocycles. The topological polar surface area (TPSA) is 79.5 Å². The largest absolute Gasteiger partial charge is 0.377 e. The molecule has 0 bridgehead atoms. The van der Waals surface area contributed by atoms with E-state index in [0.29, 0.717) is 17.2 Å². The molecule has 1 saturated heterocycles. The van der Waals surface area contributed by atoms with Crippen LogP contribution in [-0.4, -0.2) is 37.0 Å². The molecule has 3 aromatic rings. The Balaban J connectivity index is 1.72. The van der Waals surface area contributed by atoms with Gasteiger partial charge in [0, 0.05) is 35.8 Å². The Morgan fingerprint density at radius 2 is 1.93 bits per heavy atom. The van der Waals surface area contributed by atoms with Crippen LogP contribution in [0.25, 0.3) is 10.9 Å². The number of H-pyrrole nitrogens is 1. The second kappa shape index (κ2) is 8.51. The molecule has 0 aliphatic carbocycles. The molecule has 30 heavy (non-hydrogen) atoms. The van der Waals surface area contributed by atoms with Gasteiger partial charge >= 0.3 is 0 Å². The van der Waals surface area contributed by atoms with Crippen LogP contribution in [0.15, 0.2) is 58.2 Å². The van der Waals surface area contributed by atoms with Crippen LogP contribution < -0.4 is 5.56 Å². The van der Waals surface area contributed by atoms with Crippen molar-refractivity contribution in [1.82, 2.24) is 9.29 Å². The van der Waals surface area contributed by atoms with Crippen molar-refractivity contribution in [1.29, 1.82) is 0 Å². The van der Waals surface area contributed by atoms with E-state index in [-0.39, 0.29) is 29.6 Å². The maximum atomic E-state index is 13.4. The maximum Gasteiger partial charge on any atom is 0.252 e. The minimum absolute atomic E-state index is 0.0377. The predicted molar refractivity (Wildman–Crippen MR) is 117 cm³/mol. The number of aryl methyl sites for hydroxylation is 1. The monoisotopic (exact) mass is 446 g/mol. The molecule has 1 aromatic heterocycles. The Labute approximate surface area is 180 Å². The van der Waals surface area contributed by atoms with Gasteiger partial charge in [0.15, 0.2) is 0 Å². The molecule has 6 nitrogen and oxygen atoms in total. The first-order valence-corrected chi connectivity index (χ1v) is 11.6. The summed E-state index contributed by atoms with van der Waals surface area (Å²) in [6, 6.07) is 13.6. The van der Waals surface area contributed by atoms with Crippen molar-refractivity contribution >= 4 is 32.5 Å². The predicted octanol–water partition coefficient (Wildman–Crippen LogP) is 3.86. The van der Waals surface area contributed by atoms with Gasteiger partial charge in [0.1, 0.15) is 0 Å². The second-order valence-corrected chi connectivity index (χ2v) is 9.98. The third-order valence-corrected chi connectivity index (χ3v) is 7.38. The molecule has 1 unspecified atom stereocenters. The molecule has 1 aliphatic rings. The van der Waals surface area contributed by atoms with Crippen LogP contribution in [0.4, 0.5) is 0 Å². The van der Waals surface area contributed by atoms with E-state index in [1.54, 1.807) is 18.2 Å². The van der Waals surface area contributed by atoms with Gasteiger partial charge in [0.05, 0.1) is 11.0 Å². The van der Waals surface area contributed by atoms with Crippen molar-refractivity contribution < 1.29 is 13.2 Å². The zero-order valence-corrected chi connectivity index (χ0v) is 18.2. The zero-order chi connectivity index (χ0) is 21.3. The second-order valence-electron chi connectivity index (χ2n) is 7.60. The fraction of sp³-hybridized carbons (Fsp3) is 0.318. The van der Waals surface area contributed by atoms with Gasteiger partial charge in [0.25, 0.3) is 5.56 Å². The van der Waals surface area contributed by atoms with E-state index in [0.717, 1.165) is 29.3 Å². The first-order chi connectivity index (χ1) is 14.3. The van der Waals surface area contributed by atoms with Gasteiger partial charge in [-0.3, -0.25) is 4.79 Å². The summed E-state index contributed by atoms with van der Waals surface area (Å²) in [4.78, 5) is 15.7. The Morgan fingerprint density at radius 1 is 1.17 bits per heavy atom. The van der Waals surface area contributed by atoms with Gasteiger partial charge in [-0.25, -0.2) is 8.42 Å². The Bertz CT molecular complexity index is 1220. The lowest BCUT2D eigenvalue weighted by Gasteiger charge is -2.25. The highest BCUT2D eigenvalue weighted by molar-refractivity contribution is 7.89. The maximum absolute atomic E-state index is 13.4. The summed E-state index contributed by atoms with van der Waals surface area (Å²) in [7, 11) is -3.84. The van der Waals surface area contributed by atoms with Crippen molar-refractivity contribution in [2.75, 3.05) is 13.2 Å². The molecule has 2 aromatic carbocycles. The molecule has 1 atom stereocenters. The first-order valence-electron chi connectivity index (χ1n) is 9.83. The highest BCUT2D eigenvalue weighted by Crippen LogP contribution is 2.24. The number of pyridine rings is 1. The van der Waals surface area contributed by atoms with Gasteiger partial charge in [-0.15, -0.1) is 0 Å². The Kier molecular flexibility index (Phi) is 5.97. The van der Waals surface area contributed by atoms with Crippen molar-refractivity contribution in [3.05, 3.63) is 75.0 Å². The highest BCUT2D eigenvalue weighted by Gasteiger charge is 2.30. The van der Waals surface area contributed by atoms with Gasteiger partial charge in [-0.1, -0.05) is 23.2 Å². The molecular formula is C22H23ClN2O4S. The molecule has 2 heterocycles. The molecule has 4 rings (SSSR count). The van der Waals surface area contributed by atoms with Crippen LogP contribution in [0, 0.1) is 6.92 Å². The minimum Gasteiger partial charge on any atom is -0.377 e. The number of nitrogens with zero attached hydrogens (tertiary/aromatic N) is 1. The summed E-state index contributed by atoms with van der Waals surface area (Å²) in [6.07, 6.45) is 1.50. The van der Waals surface area contributed by atoms with Crippen LogP contribution in [0.3, 0.4) is 0 Å². The lowest BCUT2D eigenvalue weighted by molar-refractivity contribution is 0.0925. The van der Waals surface area contributed by atoms with Crippen molar-refractivity contribution in [2.45, 2.75) is 37.3 Å². The number of rotatable bonds is 6. The minimum atomic E-state index is -3.84. The summed E-state index contributed by atoms with van der Waals surface area (Å²) in [5, 5.41) is 1.33. The number of nitrogens with one attached hydrogen (secondary N) is 1. The smallest absolute Gasteiger partial charge is 0.252 e. The van der Waals surface area contributed by atoms with Crippen LogP contribution in [-0.2, 0) is 21.3 Å². The number of hydrogen-bond donors (Lipinski definition) is 1. The summed E-state index contributed by atoms with van der Waals surface area (Å²) in [5.41, 5.74) is 1.88. The van der Waals surface area contributed by atoms with Gasteiger partial charge < -0.3 is 9.72 Å². The van der Waals surface area contributed by atoms with E-state index in [1.807, 2.05) is 25.1 Å². The van der Waals surface area contributed by atoms with Crippen molar-refractivity contribution in [3.8, 4) is 0 Å². The normalized spacial score (nSPS) is 17.1. The van der Waals surface area contributed by atoms with E-state index in [2.05, 4.69) is 4.98 Å². The van der Waals surface area contributed by atoms with E-state index in [1.165, 1.54) is 16.4 Å². The Hall–Kier alpha value is -2.19. The van der Waals surface area contributed by atoms with E-state index < -0.39 is 10.0 Å². The number of aromatic nitrogens is 1. The average molecular weight is 447 g/mol. The molecule has 1 N–H and O–H groups in total. The number of halogens is 1. The van der Waals surface area contributed by atoms with Gasteiger partial charge in [0.2, 0.25) is 10.0 Å². The summed E-state index contributed by atoms with van der Waals surface area (Å²) >= 11 is 5.92. The quantitative estimate of drug-likeness (QED) is 0.623. The zero-order valence-electron chi connectivity index (χ0n) is 16.6. The van der Waals surface area contributed by atoms with Crippen molar-refractivity contribution in [3.63, 3.8) is 0 Å². The van der Waals surface area contributed by atoms with Gasteiger partial charge in [-0.05, 0) is 67.6 Å². The van der Waals surface area contributed by atoms with Crippen LogP contribution >= 0.6 is 11.6 Å². The SMILES string of the molecule is Cc1ccc2[nH]c(=O)c(CN(CC3CCCO3)S(=O)(=O)c3ccc(Cl)cc3)cc2c1. The lowest BCUT2D eigenvalue weighted by Crippen LogP contribution is -2.38. The average Bonchev–Trinajstić information content (AvgIpc) is 3.22. The summed E-state index contributed by atoms with van der Waals surface area (Å²) in [5.74, 6) is 0. The van der Waals surface area contributed by atoms with Crippen molar-refractivity contribution in [2.24, 2.45) is 0 Å². The highest BCUT2D eigenvalue weighted by atomic mass is 35.5. The molecule has 0 saturated carbocycles. The summed E-state index contributed by atoms with van der Waals surface area (Å²) < 4.78 is 33.8. The summed E-state index contributed by atoms with van der Waals surface area (Å²) in [6.45, 7) is 2.74. The van der Waals surface area contributed by atoms with E-state index in [9.17, 15) is 13.2 Å². The first kappa shape index (κ1) is 21.1. The fourth-order valence-electron chi connectivity index (χ4n) is 3.70. The molecule has 1 fully saturated rings. The Morgan fingerprint density at radius 3 is 2.63 bits per heavy atom. The standard InChI is InChI=1S/C22H23ClN2O4S/c1-15-4-9-21-16(11-15)12-17(22(26)24-21)13-25(14-19-3-2-10-29-19)30(27,28)20-7-5-18(23)6-8-20/h4-9,11-12,19H,2-3,10,13-14H2,1H3,(H,24,26). The van der Waals surface area contributed by atoms with Crippen LogP contribution in [0.2, 0.25) is 5.02 Å². The number of ether oxygens (including phenoxy) is 1. The molecule has 0 radical (unpaired) electrons. The van der Waals surface area contributed by atoms with Crippen LogP contribution in [0.1, 0.15) is 24.0 Å². The van der Waals surface area contributed by atoms with E-state index in [4.69, 9.17) is 16.3 Å². The molecule has 158 valence electrons. The lowest BCUT2D eigenvalue weighted by atomic mass is 10.1. The third kappa shape index (κ3) is 4.44. The molecule has 0 amide bonds. The number of sulfonamides is 1. The number of hydrogen-bond acceptors (Lipinski definition) is 4.